The van der Waals surface area contributed by atoms with E-state index in [0.29, 0.717) is 35.1 Å². The maximum atomic E-state index is 14.7. The summed E-state index contributed by atoms with van der Waals surface area (Å²) in [5.74, 6) is 2.02. The van der Waals surface area contributed by atoms with Gasteiger partial charge in [0.1, 0.15) is 23.0 Å². The Morgan fingerprint density at radius 2 is 0.944 bits per heavy atom. The zero-order valence-electron chi connectivity index (χ0n) is 19.6. The van der Waals surface area contributed by atoms with E-state index in [1.54, 1.807) is 0 Å². The van der Waals surface area contributed by atoms with Crippen molar-refractivity contribution in [2.24, 2.45) is 11.8 Å². The summed E-state index contributed by atoms with van der Waals surface area (Å²) in [6.45, 7) is 0. The minimum absolute atomic E-state index is 0.116. The molecule has 4 heterocycles. The molecule has 2 saturated heterocycles. The second-order valence-electron chi connectivity index (χ2n) is 10.8. The monoisotopic (exact) mass is 484 g/mol. The van der Waals surface area contributed by atoms with Crippen LogP contribution in [0, 0.1) is 23.7 Å². The van der Waals surface area contributed by atoms with Gasteiger partial charge in [0.05, 0.1) is 12.1 Å². The van der Waals surface area contributed by atoms with Crippen LogP contribution in [0.5, 0.6) is 0 Å². The van der Waals surface area contributed by atoms with Crippen LogP contribution in [0.2, 0.25) is 0 Å². The van der Waals surface area contributed by atoms with Gasteiger partial charge in [-0.3, -0.25) is 0 Å². The summed E-state index contributed by atoms with van der Waals surface area (Å²) in [6.07, 6.45) is 4.50. The lowest BCUT2D eigenvalue weighted by atomic mass is 10.0. The molecule has 2 aromatic carbocycles. The number of rotatable bonds is 5. The van der Waals surface area contributed by atoms with Crippen molar-refractivity contribution < 1.29 is 8.78 Å². The molecule has 0 amide bonds. The lowest BCUT2D eigenvalue weighted by Crippen LogP contribution is -2.18. The molecule has 0 spiro atoms. The Balaban J connectivity index is 1.00. The van der Waals surface area contributed by atoms with E-state index in [4.69, 9.17) is 0 Å². The number of benzene rings is 2. The second kappa shape index (κ2) is 7.57. The van der Waals surface area contributed by atoms with E-state index in [2.05, 4.69) is 30.6 Å². The van der Waals surface area contributed by atoms with Crippen molar-refractivity contribution in [1.82, 2.24) is 30.6 Å². The number of aromatic amines is 2. The lowest BCUT2D eigenvalue weighted by Gasteiger charge is -2.09. The molecule has 0 radical (unpaired) electrons. The maximum absolute atomic E-state index is 14.7. The van der Waals surface area contributed by atoms with Gasteiger partial charge in [0.2, 0.25) is 11.9 Å². The van der Waals surface area contributed by atoms with E-state index in [0.717, 1.165) is 46.9 Å². The molecule has 8 rings (SSSR count). The number of hydrogen-bond donors (Lipinski definition) is 4. The molecule has 36 heavy (non-hydrogen) atoms. The Labute approximate surface area is 207 Å². The fourth-order valence-electron chi connectivity index (χ4n) is 6.16. The van der Waals surface area contributed by atoms with Gasteiger partial charge in [-0.15, -0.1) is 0 Å². The molecule has 0 unspecified atom stereocenters. The van der Waals surface area contributed by atoms with Crippen molar-refractivity contribution in [3.05, 3.63) is 72.1 Å². The highest BCUT2D eigenvalue weighted by Gasteiger charge is 2.47. The van der Waals surface area contributed by atoms with Crippen molar-refractivity contribution >= 4 is 0 Å². The van der Waals surface area contributed by atoms with Gasteiger partial charge in [-0.05, 0) is 48.6 Å². The van der Waals surface area contributed by atoms with Gasteiger partial charge >= 0.3 is 0 Å². The van der Waals surface area contributed by atoms with Gasteiger partial charge in [-0.25, -0.2) is 9.97 Å². The van der Waals surface area contributed by atoms with Crippen LogP contribution >= 0.6 is 0 Å². The van der Waals surface area contributed by atoms with E-state index < -0.39 is 11.9 Å². The maximum Gasteiger partial charge on any atom is 0.219 e. The number of hydrogen-bond acceptors (Lipinski definition) is 4. The summed E-state index contributed by atoms with van der Waals surface area (Å²) in [7, 11) is 0. The molecular weight excluding hydrogens is 458 g/mol. The van der Waals surface area contributed by atoms with Gasteiger partial charge in [-0.1, -0.05) is 48.5 Å². The molecule has 2 saturated carbocycles. The van der Waals surface area contributed by atoms with Gasteiger partial charge in [0.25, 0.3) is 0 Å². The quantitative estimate of drug-likeness (QED) is 0.312. The van der Waals surface area contributed by atoms with E-state index in [1.165, 1.54) is 12.8 Å². The predicted octanol–water partition coefficient (Wildman–Crippen LogP) is 5.26. The molecule has 6 nitrogen and oxygen atoms in total. The molecule has 8 heteroatoms. The van der Waals surface area contributed by atoms with Crippen LogP contribution < -0.4 is 10.6 Å². The number of nitrogens with one attached hydrogen (secondary N) is 4. The average Bonchev–Trinajstić information content (AvgIpc) is 3.51. The first-order valence-electron chi connectivity index (χ1n) is 12.8. The van der Waals surface area contributed by atoms with Crippen LogP contribution in [-0.4, -0.2) is 32.0 Å². The lowest BCUT2D eigenvalue weighted by molar-refractivity contribution is 0.528. The Kier molecular flexibility index (Phi) is 4.37. The van der Waals surface area contributed by atoms with Gasteiger partial charge in [0.15, 0.2) is 0 Å². The molecule has 4 fully saturated rings. The highest BCUT2D eigenvalue weighted by atomic mass is 19.1. The molecule has 4 aliphatic rings. The number of nitrogens with zero attached hydrogens (tertiary/aromatic N) is 2. The normalized spacial score (nSPS) is 29.8. The third-order valence-electron chi connectivity index (χ3n) is 8.42. The van der Waals surface area contributed by atoms with Crippen molar-refractivity contribution in [3.63, 3.8) is 0 Å². The summed E-state index contributed by atoms with van der Waals surface area (Å²) in [5.41, 5.74) is 4.18. The first kappa shape index (κ1) is 20.8. The molecule has 6 atom stereocenters. The highest BCUT2D eigenvalue weighted by Crippen LogP contribution is 2.46. The fourth-order valence-corrected chi connectivity index (χ4v) is 6.16. The number of fused-ring (bicyclic) bond motifs is 2. The molecule has 0 bridgehead atoms. The minimum Gasteiger partial charge on any atom is -0.317 e. The number of halogens is 2. The molecule has 2 aromatic heterocycles. The van der Waals surface area contributed by atoms with E-state index in [9.17, 15) is 8.78 Å². The molecule has 2 aliphatic heterocycles. The van der Waals surface area contributed by atoms with Crippen molar-refractivity contribution in [3.8, 4) is 33.6 Å². The van der Waals surface area contributed by atoms with Crippen LogP contribution in [0.3, 0.4) is 0 Å². The third-order valence-corrected chi connectivity index (χ3v) is 8.42. The largest absolute Gasteiger partial charge is 0.317 e. The zero-order chi connectivity index (χ0) is 24.0. The van der Waals surface area contributed by atoms with Crippen molar-refractivity contribution in [2.45, 2.75) is 49.9 Å². The van der Waals surface area contributed by atoms with Crippen molar-refractivity contribution in [2.75, 3.05) is 0 Å². The first-order chi connectivity index (χ1) is 17.6. The van der Waals surface area contributed by atoms with Crippen LogP contribution in [0.15, 0.2) is 48.5 Å². The predicted molar refractivity (Wildman–Crippen MR) is 132 cm³/mol. The Morgan fingerprint density at radius 3 is 1.31 bits per heavy atom. The molecule has 2 aliphatic carbocycles. The third kappa shape index (κ3) is 3.43. The number of H-pyrrole nitrogens is 2. The summed E-state index contributed by atoms with van der Waals surface area (Å²) in [5, 5.41) is 7.02. The van der Waals surface area contributed by atoms with Gasteiger partial charge in [-0.2, -0.15) is 8.78 Å². The van der Waals surface area contributed by atoms with Gasteiger partial charge < -0.3 is 20.6 Å². The topological polar surface area (TPSA) is 81.4 Å². The Morgan fingerprint density at radius 1 is 0.556 bits per heavy atom. The van der Waals surface area contributed by atoms with E-state index >= 15 is 0 Å². The summed E-state index contributed by atoms with van der Waals surface area (Å²) in [6, 6.07) is 16.8. The fraction of sp³-hybridized carbons (Fsp3) is 0.357. The van der Waals surface area contributed by atoms with Crippen LogP contribution in [0.4, 0.5) is 8.78 Å². The SMILES string of the molecule is Fc1[nH]c([C@@H]2C[C@H]3C[C@H]3N2)nc1-c1ccc(-c2ccc(-c3nc([C@H]4C[C@@H]5C[C@@H]5N4)[nH]c3F)cc2)cc1. The summed E-state index contributed by atoms with van der Waals surface area (Å²) in [4.78, 5) is 14.8. The molecule has 4 aromatic rings. The number of piperidine rings is 2. The Bertz CT molecular complexity index is 1320. The van der Waals surface area contributed by atoms with Gasteiger partial charge in [0, 0.05) is 23.2 Å². The van der Waals surface area contributed by atoms with Crippen molar-refractivity contribution in [1.29, 1.82) is 0 Å². The van der Waals surface area contributed by atoms with Crippen LogP contribution in [0.1, 0.15) is 49.4 Å². The summed E-state index contributed by atoms with van der Waals surface area (Å²) >= 11 is 0. The summed E-state index contributed by atoms with van der Waals surface area (Å²) < 4.78 is 29.3. The smallest absolute Gasteiger partial charge is 0.219 e. The van der Waals surface area contributed by atoms with Crippen LogP contribution in [-0.2, 0) is 0 Å². The molecule has 182 valence electrons. The van der Waals surface area contributed by atoms with E-state index in [1.807, 2.05) is 48.5 Å². The zero-order valence-corrected chi connectivity index (χ0v) is 19.6. The average molecular weight is 485 g/mol. The van der Waals surface area contributed by atoms with Crippen LogP contribution in [0.25, 0.3) is 33.6 Å². The second-order valence-corrected chi connectivity index (χ2v) is 10.8. The standard InChI is InChI=1S/C28H26F2N6/c29-25-23(33-27(35-25)21-11-17-9-19(17)31-21)15-5-1-13(2-6-15)14-3-7-16(8-4-14)24-26(30)36-28(34-24)22-12-18-10-20(18)32-22/h1-8,17-22,31-32H,9-12H2,(H,33,35)(H,34,36)/t17-,18+,19-,20+,21+,22-. The first-order valence-corrected chi connectivity index (χ1v) is 12.8. The number of imidazole rings is 2. The minimum atomic E-state index is -0.394. The Hall–Kier alpha value is -3.36. The highest BCUT2D eigenvalue weighted by molar-refractivity contribution is 5.71. The molecule has 4 N–H and O–H groups in total. The van der Waals surface area contributed by atoms with E-state index in [-0.39, 0.29) is 12.1 Å². The number of aromatic nitrogens is 4. The molecular formula is C28H26F2N6.